The summed E-state index contributed by atoms with van der Waals surface area (Å²) in [7, 11) is 0. The van der Waals surface area contributed by atoms with E-state index < -0.39 is 0 Å². The van der Waals surface area contributed by atoms with E-state index >= 15 is 0 Å². The van der Waals surface area contributed by atoms with Gasteiger partial charge >= 0.3 is 0 Å². The summed E-state index contributed by atoms with van der Waals surface area (Å²) in [5.74, 6) is 0.622. The third kappa shape index (κ3) is 4.10. The van der Waals surface area contributed by atoms with E-state index in [1.165, 1.54) is 0 Å². The van der Waals surface area contributed by atoms with Gasteiger partial charge in [-0.05, 0) is 25.1 Å². The molecule has 0 unspecified atom stereocenters. The summed E-state index contributed by atoms with van der Waals surface area (Å²) >= 11 is 0. The largest absolute Gasteiger partial charge is 0.748 e. The minimum atomic E-state index is 0. The normalized spacial score (nSPS) is 9.78. The van der Waals surface area contributed by atoms with Crippen LogP contribution in [0.2, 0.25) is 0 Å². The van der Waals surface area contributed by atoms with Crippen molar-refractivity contribution in [2.45, 2.75) is 6.92 Å². The predicted molar refractivity (Wildman–Crippen MR) is 90.3 cm³/mol. The van der Waals surface area contributed by atoms with Gasteiger partial charge in [0.15, 0.2) is 5.43 Å². The molecular formula is C20H16FeO2-6. The van der Waals surface area contributed by atoms with E-state index in [9.17, 15) is 4.79 Å². The Morgan fingerprint density at radius 2 is 1.57 bits per heavy atom. The Kier molecular flexibility index (Phi) is 5.75. The molecule has 3 heteroatoms. The van der Waals surface area contributed by atoms with Crippen LogP contribution in [0.25, 0.3) is 22.3 Å². The molecule has 0 aliphatic rings. The Labute approximate surface area is 145 Å². The van der Waals surface area contributed by atoms with Crippen LogP contribution in [0, 0.1) is 6.92 Å². The molecule has 4 rings (SSSR count). The van der Waals surface area contributed by atoms with Crippen molar-refractivity contribution in [1.29, 1.82) is 0 Å². The van der Waals surface area contributed by atoms with E-state index in [-0.39, 0.29) is 22.5 Å². The van der Waals surface area contributed by atoms with Crippen molar-refractivity contribution in [3.63, 3.8) is 0 Å². The van der Waals surface area contributed by atoms with E-state index in [1.54, 1.807) is 6.07 Å². The Morgan fingerprint density at radius 1 is 0.957 bits per heavy atom. The van der Waals surface area contributed by atoms with E-state index in [4.69, 9.17) is 4.42 Å². The molecule has 1 aromatic heterocycles. The van der Waals surface area contributed by atoms with Gasteiger partial charge < -0.3 is 39.5 Å². The molecule has 1 heterocycles. The molecular weight excluding hydrogens is 328 g/mol. The summed E-state index contributed by atoms with van der Waals surface area (Å²) < 4.78 is 5.74. The molecule has 0 aliphatic carbocycles. The Hall–Kier alpha value is -2.35. The van der Waals surface area contributed by atoms with Crippen molar-refractivity contribution in [3.05, 3.63) is 94.6 Å². The molecule has 0 atom stereocenters. The molecule has 0 saturated heterocycles. The van der Waals surface area contributed by atoms with Crippen molar-refractivity contribution < 1.29 is 21.5 Å². The molecule has 0 amide bonds. The second-order valence-electron chi connectivity index (χ2n) is 5.11. The molecule has 23 heavy (non-hydrogen) atoms. The minimum absolute atomic E-state index is 0. The standard InChI is InChI=1S/C15H11O2.C5H5.Fe/c1-10-6-7-14-12(8-10)13(16)9-15(17-14)11-4-2-3-5-11;1-2-4-5-3-1;/h2-9H,1H3;1-5H;/q-1;-5;. The van der Waals surface area contributed by atoms with Gasteiger partial charge in [0.25, 0.3) is 0 Å². The molecule has 0 fully saturated rings. The van der Waals surface area contributed by atoms with Crippen LogP contribution in [0.3, 0.4) is 0 Å². The van der Waals surface area contributed by atoms with Gasteiger partial charge in [0, 0.05) is 17.1 Å². The fraction of sp³-hybridized carbons (Fsp3) is 0.0500. The zero-order chi connectivity index (χ0) is 15.4. The predicted octanol–water partition coefficient (Wildman–Crippen LogP) is 4.89. The first-order chi connectivity index (χ1) is 10.7. The van der Waals surface area contributed by atoms with Crippen LogP contribution >= 0.6 is 0 Å². The van der Waals surface area contributed by atoms with Crippen LogP contribution in [-0.2, 0) is 17.1 Å². The maximum Gasteiger partial charge on any atom is 0.153 e. The number of hydrogen-bond donors (Lipinski definition) is 0. The number of aryl methyl sites for hydroxylation is 1. The van der Waals surface area contributed by atoms with Gasteiger partial charge in [-0.25, -0.2) is 0 Å². The fourth-order valence-electron chi connectivity index (χ4n) is 2.27. The Bertz CT molecular complexity index is 883. The van der Waals surface area contributed by atoms with Gasteiger partial charge in [0.05, 0.1) is 11.1 Å². The topological polar surface area (TPSA) is 30.2 Å². The molecule has 0 spiro atoms. The van der Waals surface area contributed by atoms with Gasteiger partial charge in [-0.15, -0.1) is 12.1 Å². The third-order valence-corrected chi connectivity index (χ3v) is 3.39. The number of benzene rings is 1. The first-order valence-corrected chi connectivity index (χ1v) is 7.17. The average molecular weight is 344 g/mol. The van der Waals surface area contributed by atoms with Crippen LogP contribution in [-0.4, -0.2) is 0 Å². The van der Waals surface area contributed by atoms with E-state index in [0.717, 1.165) is 11.1 Å². The zero-order valence-corrected chi connectivity index (χ0v) is 13.8. The summed E-state index contributed by atoms with van der Waals surface area (Å²) in [6.07, 6.45) is 0. The maximum absolute atomic E-state index is 12.0. The minimum Gasteiger partial charge on any atom is -0.748 e. The first-order valence-electron chi connectivity index (χ1n) is 7.17. The van der Waals surface area contributed by atoms with Crippen LogP contribution < -0.4 is 5.43 Å². The molecule has 4 aromatic rings. The maximum atomic E-state index is 12.0. The van der Waals surface area contributed by atoms with E-state index in [2.05, 4.69) is 0 Å². The summed E-state index contributed by atoms with van der Waals surface area (Å²) in [5.41, 5.74) is 2.64. The van der Waals surface area contributed by atoms with Gasteiger partial charge in [0.1, 0.15) is 5.58 Å². The SMILES string of the molecule is Cc1ccc2oc(-[c-]3cccc3)cc(=O)c2c1.[Fe].[cH-]1[cH-][cH-][cH-][cH-]1. The van der Waals surface area contributed by atoms with Crippen molar-refractivity contribution in [1.82, 2.24) is 0 Å². The molecule has 122 valence electrons. The fourth-order valence-corrected chi connectivity index (χ4v) is 2.27. The quantitative estimate of drug-likeness (QED) is 0.364. The molecule has 3 aromatic carbocycles. The van der Waals surface area contributed by atoms with E-state index in [1.807, 2.05) is 79.7 Å². The monoisotopic (exact) mass is 344 g/mol. The van der Waals surface area contributed by atoms with Gasteiger partial charge in [-0.3, -0.25) is 0 Å². The van der Waals surface area contributed by atoms with Crippen LogP contribution in [0.15, 0.2) is 88.1 Å². The summed E-state index contributed by atoms with van der Waals surface area (Å²) in [5, 5.41) is 0.639. The number of hydrogen-bond acceptors (Lipinski definition) is 2. The zero-order valence-electron chi connectivity index (χ0n) is 12.7. The average Bonchev–Trinajstić information content (AvgIpc) is 3.24. The molecule has 0 bridgehead atoms. The Balaban J connectivity index is 0.000000276. The van der Waals surface area contributed by atoms with Crippen LogP contribution in [0.1, 0.15) is 5.56 Å². The molecule has 2 nitrogen and oxygen atoms in total. The van der Waals surface area contributed by atoms with Crippen LogP contribution in [0.4, 0.5) is 0 Å². The van der Waals surface area contributed by atoms with Crippen molar-refractivity contribution in [2.24, 2.45) is 0 Å². The number of fused-ring (bicyclic) bond motifs is 1. The number of rotatable bonds is 1. The van der Waals surface area contributed by atoms with Crippen molar-refractivity contribution in [3.8, 4) is 11.3 Å². The Morgan fingerprint density at radius 3 is 2.17 bits per heavy atom. The molecule has 0 aliphatic heterocycles. The van der Waals surface area contributed by atoms with Crippen molar-refractivity contribution in [2.75, 3.05) is 0 Å². The van der Waals surface area contributed by atoms with Gasteiger partial charge in [-0.1, -0.05) is 17.2 Å². The van der Waals surface area contributed by atoms with Gasteiger partial charge in [0.2, 0.25) is 0 Å². The molecule has 0 N–H and O–H groups in total. The third-order valence-electron chi connectivity index (χ3n) is 3.39. The second kappa shape index (κ2) is 7.77. The second-order valence-corrected chi connectivity index (χ2v) is 5.11. The summed E-state index contributed by atoms with van der Waals surface area (Å²) in [4.78, 5) is 12.0. The molecule has 0 radical (unpaired) electrons. The smallest absolute Gasteiger partial charge is 0.153 e. The van der Waals surface area contributed by atoms with Crippen LogP contribution in [0.5, 0.6) is 0 Å². The summed E-state index contributed by atoms with van der Waals surface area (Å²) in [6.45, 7) is 1.96. The first kappa shape index (κ1) is 17.0. The van der Waals surface area contributed by atoms with Crippen molar-refractivity contribution >= 4 is 11.0 Å². The van der Waals surface area contributed by atoms with E-state index in [0.29, 0.717) is 16.7 Å². The van der Waals surface area contributed by atoms with Gasteiger partial charge in [-0.2, -0.15) is 12.1 Å². The molecule has 0 saturated carbocycles. The summed E-state index contributed by atoms with van der Waals surface area (Å²) in [6, 6.07) is 24.9.